The van der Waals surface area contributed by atoms with Gasteiger partial charge in [-0.3, -0.25) is 4.79 Å². The standard InChI is InChI=1S/C19H19ClFN5O3.ClH/c20-12-2-3-14-15(16(12)21)19(4-1-5-23-9-19)29-18(28)26(14)17(27)13(22)6-11-7-24-10-25-8-11;/h2-3,7-8,10,13,23H,1,4-6,9,22H2;1H/t13?,19-;/m0./s1. The fraction of sp³-hybridized carbons (Fsp3) is 0.368. The molecule has 8 nitrogen and oxygen atoms in total. The van der Waals surface area contributed by atoms with Crippen LogP contribution in [0.3, 0.4) is 0 Å². The van der Waals surface area contributed by atoms with Gasteiger partial charge in [-0.15, -0.1) is 12.4 Å². The van der Waals surface area contributed by atoms with Crippen LogP contribution in [0.4, 0.5) is 14.9 Å². The van der Waals surface area contributed by atoms with Crippen LogP contribution in [-0.2, 0) is 21.6 Å². The molecule has 3 heterocycles. The summed E-state index contributed by atoms with van der Waals surface area (Å²) in [6.07, 6.45) is 4.76. The van der Waals surface area contributed by atoms with Gasteiger partial charge in [0.05, 0.1) is 22.3 Å². The molecule has 4 rings (SSSR count). The van der Waals surface area contributed by atoms with Gasteiger partial charge in [0.1, 0.15) is 6.33 Å². The van der Waals surface area contributed by atoms with E-state index in [-0.39, 0.29) is 41.6 Å². The Bertz CT molecular complexity index is 957. The first-order valence-corrected chi connectivity index (χ1v) is 9.56. The van der Waals surface area contributed by atoms with E-state index in [1.54, 1.807) is 0 Å². The van der Waals surface area contributed by atoms with Crippen molar-refractivity contribution in [3.05, 3.63) is 52.8 Å². The monoisotopic (exact) mass is 455 g/mol. The second kappa shape index (κ2) is 8.81. The van der Waals surface area contributed by atoms with E-state index in [0.717, 1.165) is 11.4 Å². The van der Waals surface area contributed by atoms with Crippen molar-refractivity contribution in [2.45, 2.75) is 30.9 Å². The Balaban J connectivity index is 0.00000256. The van der Waals surface area contributed by atoms with Crippen molar-refractivity contribution in [3.63, 3.8) is 0 Å². The first-order chi connectivity index (χ1) is 13.9. The molecule has 1 unspecified atom stereocenters. The average molecular weight is 456 g/mol. The van der Waals surface area contributed by atoms with Crippen LogP contribution in [0.1, 0.15) is 24.0 Å². The smallest absolute Gasteiger partial charge is 0.422 e. The van der Waals surface area contributed by atoms with Gasteiger partial charge in [0.2, 0.25) is 0 Å². The maximum atomic E-state index is 15.1. The molecule has 0 bridgehead atoms. The molecule has 1 fully saturated rings. The van der Waals surface area contributed by atoms with Gasteiger partial charge in [-0.25, -0.2) is 24.1 Å². The number of halogens is 3. The van der Waals surface area contributed by atoms with E-state index in [1.807, 2.05) is 0 Å². The number of ether oxygens (including phenoxy) is 1. The normalized spacial score (nSPS) is 21.4. The van der Waals surface area contributed by atoms with Crippen LogP contribution < -0.4 is 16.0 Å². The summed E-state index contributed by atoms with van der Waals surface area (Å²) in [5, 5.41) is 3.02. The van der Waals surface area contributed by atoms with Crippen LogP contribution in [0.5, 0.6) is 0 Å². The molecule has 2 aliphatic rings. The van der Waals surface area contributed by atoms with Gasteiger partial charge in [-0.2, -0.15) is 0 Å². The first kappa shape index (κ1) is 22.4. The van der Waals surface area contributed by atoms with Crippen LogP contribution in [0, 0.1) is 5.82 Å². The van der Waals surface area contributed by atoms with Crippen molar-refractivity contribution in [3.8, 4) is 0 Å². The van der Waals surface area contributed by atoms with Crippen LogP contribution in [0.2, 0.25) is 5.02 Å². The van der Waals surface area contributed by atoms with E-state index in [4.69, 9.17) is 22.1 Å². The Kier molecular flexibility index (Phi) is 6.56. The molecule has 1 aromatic carbocycles. The molecule has 0 saturated carbocycles. The van der Waals surface area contributed by atoms with Gasteiger partial charge < -0.3 is 15.8 Å². The number of imide groups is 1. The Labute approximate surface area is 183 Å². The highest BCUT2D eigenvalue weighted by Gasteiger charge is 2.50. The number of carbonyl (C=O) groups is 2. The lowest BCUT2D eigenvalue weighted by Gasteiger charge is -2.44. The summed E-state index contributed by atoms with van der Waals surface area (Å²) in [6.45, 7) is 0.960. The lowest BCUT2D eigenvalue weighted by molar-refractivity contribution is -0.120. The van der Waals surface area contributed by atoms with E-state index in [0.29, 0.717) is 18.4 Å². The maximum absolute atomic E-state index is 15.1. The molecule has 0 radical (unpaired) electrons. The molecule has 1 aromatic heterocycles. The minimum Gasteiger partial charge on any atom is -0.436 e. The second-order valence-corrected chi connectivity index (χ2v) is 7.54. The number of benzene rings is 1. The van der Waals surface area contributed by atoms with Crippen molar-refractivity contribution in [2.24, 2.45) is 5.73 Å². The molecule has 2 aliphatic heterocycles. The van der Waals surface area contributed by atoms with Gasteiger partial charge in [0, 0.05) is 18.9 Å². The number of rotatable bonds is 3. The zero-order valence-electron chi connectivity index (χ0n) is 15.8. The molecule has 30 heavy (non-hydrogen) atoms. The number of aromatic nitrogens is 2. The van der Waals surface area contributed by atoms with Crippen LogP contribution in [0.15, 0.2) is 30.9 Å². The summed E-state index contributed by atoms with van der Waals surface area (Å²) in [5.41, 5.74) is 5.68. The molecule has 2 atom stereocenters. The van der Waals surface area contributed by atoms with E-state index in [9.17, 15) is 9.59 Å². The molecule has 3 N–H and O–H groups in total. The minimum atomic E-state index is -1.21. The lowest BCUT2D eigenvalue weighted by Crippen LogP contribution is -2.57. The Morgan fingerprint density at radius 3 is 2.80 bits per heavy atom. The molecular formula is C19H20Cl2FN5O3. The van der Waals surface area contributed by atoms with Gasteiger partial charge in [0.15, 0.2) is 11.4 Å². The predicted octanol–water partition coefficient (Wildman–Crippen LogP) is 2.32. The Morgan fingerprint density at radius 2 is 2.13 bits per heavy atom. The van der Waals surface area contributed by atoms with Crippen molar-refractivity contribution < 1.29 is 18.7 Å². The first-order valence-electron chi connectivity index (χ1n) is 9.18. The number of nitrogens with zero attached hydrogens (tertiary/aromatic N) is 3. The minimum absolute atomic E-state index is 0. The van der Waals surface area contributed by atoms with E-state index < -0.39 is 29.5 Å². The summed E-state index contributed by atoms with van der Waals surface area (Å²) >= 11 is 6.00. The van der Waals surface area contributed by atoms with Gasteiger partial charge in [0.25, 0.3) is 5.91 Å². The molecule has 1 spiro atoms. The largest absolute Gasteiger partial charge is 0.436 e. The summed E-state index contributed by atoms with van der Waals surface area (Å²) in [5.74, 6) is -1.41. The van der Waals surface area contributed by atoms with Gasteiger partial charge in [-0.1, -0.05) is 11.6 Å². The highest BCUT2D eigenvalue weighted by atomic mass is 35.5. The Morgan fingerprint density at radius 1 is 1.40 bits per heavy atom. The Hall–Kier alpha value is -2.33. The number of hydrogen-bond acceptors (Lipinski definition) is 7. The van der Waals surface area contributed by atoms with Crippen molar-refractivity contribution >= 4 is 41.7 Å². The zero-order valence-corrected chi connectivity index (χ0v) is 17.4. The molecule has 0 aliphatic carbocycles. The number of anilines is 1. The number of nitrogens with one attached hydrogen (secondary N) is 1. The highest BCUT2D eigenvalue weighted by molar-refractivity contribution is 6.31. The topological polar surface area (TPSA) is 110 Å². The third kappa shape index (κ3) is 3.85. The SMILES string of the molecule is Cl.NC(Cc1cncnc1)C(=O)N1C(=O)O[C@]2(CCCNC2)c2c1ccc(Cl)c2F. The van der Waals surface area contributed by atoms with E-state index >= 15 is 4.39 Å². The quantitative estimate of drug-likeness (QED) is 0.730. The van der Waals surface area contributed by atoms with Crippen LogP contribution >= 0.6 is 24.0 Å². The van der Waals surface area contributed by atoms with Crippen LogP contribution in [-0.4, -0.2) is 41.1 Å². The zero-order chi connectivity index (χ0) is 20.6. The van der Waals surface area contributed by atoms with Gasteiger partial charge >= 0.3 is 6.09 Å². The molecule has 2 aromatic rings. The average Bonchev–Trinajstić information content (AvgIpc) is 2.71. The maximum Gasteiger partial charge on any atom is 0.422 e. The molecule has 2 amide bonds. The number of fused-ring (bicyclic) bond motifs is 2. The second-order valence-electron chi connectivity index (χ2n) is 7.13. The van der Waals surface area contributed by atoms with Crippen molar-refractivity contribution in [1.82, 2.24) is 15.3 Å². The lowest BCUT2D eigenvalue weighted by atomic mass is 9.83. The molecule has 1 saturated heterocycles. The predicted molar refractivity (Wildman–Crippen MR) is 110 cm³/mol. The number of carbonyl (C=O) groups excluding carboxylic acids is 2. The highest BCUT2D eigenvalue weighted by Crippen LogP contribution is 2.46. The molecular weight excluding hydrogens is 436 g/mol. The fourth-order valence-corrected chi connectivity index (χ4v) is 4.01. The van der Waals surface area contributed by atoms with E-state index in [2.05, 4.69) is 15.3 Å². The number of piperidine rings is 1. The third-order valence-corrected chi connectivity index (χ3v) is 5.48. The van der Waals surface area contributed by atoms with E-state index in [1.165, 1.54) is 30.9 Å². The number of hydrogen-bond donors (Lipinski definition) is 2. The fourth-order valence-electron chi connectivity index (χ4n) is 3.85. The van der Waals surface area contributed by atoms with Crippen molar-refractivity contribution in [1.29, 1.82) is 0 Å². The summed E-state index contributed by atoms with van der Waals surface area (Å²) < 4.78 is 20.7. The van der Waals surface area contributed by atoms with Crippen LogP contribution in [0.25, 0.3) is 0 Å². The molecule has 160 valence electrons. The number of nitrogens with two attached hydrogens (primary N) is 1. The van der Waals surface area contributed by atoms with Crippen molar-refractivity contribution in [2.75, 3.05) is 18.0 Å². The summed E-state index contributed by atoms with van der Waals surface area (Å²) in [6, 6.07) is 1.70. The summed E-state index contributed by atoms with van der Waals surface area (Å²) in [4.78, 5) is 34.4. The van der Waals surface area contributed by atoms with Gasteiger partial charge in [-0.05, 0) is 43.5 Å². The summed E-state index contributed by atoms with van der Waals surface area (Å²) in [7, 11) is 0. The third-order valence-electron chi connectivity index (χ3n) is 5.19. The number of amides is 2. The molecule has 11 heteroatoms.